The van der Waals surface area contributed by atoms with Gasteiger partial charge in [-0.2, -0.15) is 0 Å². The summed E-state index contributed by atoms with van der Waals surface area (Å²) in [6.07, 6.45) is 3.33. The zero-order valence-electron chi connectivity index (χ0n) is 8.41. The summed E-state index contributed by atoms with van der Waals surface area (Å²) in [6, 6.07) is 3.64. The van der Waals surface area contributed by atoms with Crippen LogP contribution in [0.5, 0.6) is 0 Å². The lowest BCUT2D eigenvalue weighted by molar-refractivity contribution is -0.0218. The Morgan fingerprint density at radius 1 is 1.38 bits per heavy atom. The highest BCUT2D eigenvalue weighted by molar-refractivity contribution is 5.22. The van der Waals surface area contributed by atoms with Crippen molar-refractivity contribution in [3.63, 3.8) is 0 Å². The average molecular weight is 178 g/mol. The van der Waals surface area contributed by atoms with E-state index in [9.17, 15) is 5.11 Å². The molecule has 1 rings (SSSR count). The fraction of sp³-hybridized carbons (Fsp3) is 0.455. The van der Waals surface area contributed by atoms with Gasteiger partial charge in [-0.15, -0.1) is 0 Å². The zero-order valence-corrected chi connectivity index (χ0v) is 8.41. The molecule has 1 aromatic heterocycles. The fourth-order valence-corrected chi connectivity index (χ4v) is 1.04. The molecule has 13 heavy (non-hydrogen) atoms. The van der Waals surface area contributed by atoms with Crippen molar-refractivity contribution < 1.29 is 5.11 Å². The van der Waals surface area contributed by atoms with Crippen molar-refractivity contribution in [2.24, 2.45) is 5.41 Å². The van der Waals surface area contributed by atoms with Crippen LogP contribution in [0.1, 0.15) is 26.3 Å². The Labute approximate surface area is 79.6 Å². The smallest absolute Gasteiger partial charge is 0.0960 e. The minimum Gasteiger partial charge on any atom is -0.385 e. The molecule has 1 atom stereocenters. The van der Waals surface area contributed by atoms with Crippen LogP contribution in [0.3, 0.4) is 0 Å². The van der Waals surface area contributed by atoms with Crippen LogP contribution in [0, 0.1) is 12.3 Å². The standard InChI is InChI=1S/C11H16NO/c1-10(2,3)11(4,13)9-6-5-7-12-8-9/h5-8,13H,4H2,1-3H3/t11-/m0/s1. The number of hydrogen-bond acceptors (Lipinski definition) is 2. The molecule has 0 aromatic carbocycles. The van der Waals surface area contributed by atoms with Gasteiger partial charge in [0, 0.05) is 18.0 Å². The molecule has 0 amide bonds. The second kappa shape index (κ2) is 3.11. The first kappa shape index (κ1) is 10.2. The number of hydrogen-bond donors (Lipinski definition) is 1. The molecule has 0 spiro atoms. The molecule has 1 heterocycles. The van der Waals surface area contributed by atoms with Gasteiger partial charge in [-0.3, -0.25) is 4.98 Å². The summed E-state index contributed by atoms with van der Waals surface area (Å²) >= 11 is 0. The van der Waals surface area contributed by atoms with Gasteiger partial charge in [0.05, 0.1) is 5.60 Å². The van der Waals surface area contributed by atoms with Gasteiger partial charge in [0.25, 0.3) is 0 Å². The van der Waals surface area contributed by atoms with Gasteiger partial charge in [-0.25, -0.2) is 0 Å². The molecule has 0 aliphatic carbocycles. The van der Waals surface area contributed by atoms with Crippen LogP contribution in [0.25, 0.3) is 0 Å². The maximum atomic E-state index is 10.2. The molecule has 2 heteroatoms. The molecule has 71 valence electrons. The van der Waals surface area contributed by atoms with E-state index in [1.807, 2.05) is 26.8 Å². The molecular formula is C11H16NO. The third-order valence-corrected chi connectivity index (χ3v) is 2.38. The minimum absolute atomic E-state index is 0.296. The number of rotatable bonds is 1. The molecule has 0 aliphatic heterocycles. The number of aromatic nitrogens is 1. The van der Waals surface area contributed by atoms with Gasteiger partial charge < -0.3 is 5.11 Å². The van der Waals surface area contributed by atoms with E-state index < -0.39 is 5.60 Å². The Morgan fingerprint density at radius 3 is 2.38 bits per heavy atom. The fourth-order valence-electron chi connectivity index (χ4n) is 1.04. The van der Waals surface area contributed by atoms with Crippen LogP contribution >= 0.6 is 0 Å². The summed E-state index contributed by atoms with van der Waals surface area (Å²) < 4.78 is 0. The molecule has 2 nitrogen and oxygen atoms in total. The Balaban J connectivity index is 3.08. The first-order valence-corrected chi connectivity index (χ1v) is 4.34. The molecule has 1 radical (unpaired) electrons. The Morgan fingerprint density at radius 2 is 2.00 bits per heavy atom. The molecular weight excluding hydrogens is 162 g/mol. The summed E-state index contributed by atoms with van der Waals surface area (Å²) in [4.78, 5) is 3.96. The molecule has 0 saturated carbocycles. The van der Waals surface area contributed by atoms with Gasteiger partial charge in [0.2, 0.25) is 0 Å². The first-order chi connectivity index (χ1) is 5.86. The second-order valence-electron chi connectivity index (χ2n) is 4.35. The van der Waals surface area contributed by atoms with Gasteiger partial charge >= 0.3 is 0 Å². The van der Waals surface area contributed by atoms with Crippen molar-refractivity contribution >= 4 is 0 Å². The predicted molar refractivity (Wildman–Crippen MR) is 52.9 cm³/mol. The highest BCUT2D eigenvalue weighted by atomic mass is 16.3. The average Bonchev–Trinajstić information content (AvgIpc) is 2.04. The molecule has 0 aliphatic rings. The van der Waals surface area contributed by atoms with Crippen LogP contribution in [0.4, 0.5) is 0 Å². The third kappa shape index (κ3) is 1.89. The number of aliphatic hydroxyl groups is 1. The topological polar surface area (TPSA) is 33.1 Å². The molecule has 0 bridgehead atoms. The highest BCUT2D eigenvalue weighted by Crippen LogP contribution is 2.37. The summed E-state index contributed by atoms with van der Waals surface area (Å²) in [5.74, 6) is 0. The molecule has 0 saturated heterocycles. The summed E-state index contributed by atoms with van der Waals surface area (Å²) in [5, 5.41) is 10.2. The van der Waals surface area contributed by atoms with Crippen LogP contribution in [-0.2, 0) is 5.60 Å². The van der Waals surface area contributed by atoms with Crippen molar-refractivity contribution in [3.8, 4) is 0 Å². The lowest BCUT2D eigenvalue weighted by Gasteiger charge is -2.37. The van der Waals surface area contributed by atoms with Crippen LogP contribution < -0.4 is 0 Å². The second-order valence-corrected chi connectivity index (χ2v) is 4.35. The quantitative estimate of drug-likeness (QED) is 0.714. The molecule has 0 unspecified atom stereocenters. The van der Waals surface area contributed by atoms with Crippen molar-refractivity contribution in [1.29, 1.82) is 0 Å². The number of pyridine rings is 1. The monoisotopic (exact) mass is 178 g/mol. The van der Waals surface area contributed by atoms with Crippen molar-refractivity contribution in [2.75, 3.05) is 0 Å². The predicted octanol–water partition coefficient (Wildman–Crippen LogP) is 2.15. The molecule has 0 fully saturated rings. The zero-order chi connectivity index (χ0) is 10.1. The van der Waals surface area contributed by atoms with Crippen LogP contribution in [-0.4, -0.2) is 10.1 Å². The van der Waals surface area contributed by atoms with Gasteiger partial charge in [0.15, 0.2) is 0 Å². The van der Waals surface area contributed by atoms with Crippen LogP contribution in [0.2, 0.25) is 0 Å². The van der Waals surface area contributed by atoms with Crippen molar-refractivity contribution in [2.45, 2.75) is 26.4 Å². The molecule has 1 N–H and O–H groups in total. The van der Waals surface area contributed by atoms with Crippen molar-refractivity contribution in [3.05, 3.63) is 37.0 Å². The van der Waals surface area contributed by atoms with E-state index >= 15 is 0 Å². The Bertz CT molecular complexity index is 272. The van der Waals surface area contributed by atoms with Gasteiger partial charge in [-0.1, -0.05) is 26.8 Å². The minimum atomic E-state index is -1.08. The number of nitrogens with zero attached hydrogens (tertiary/aromatic N) is 1. The van der Waals surface area contributed by atoms with E-state index in [1.54, 1.807) is 18.5 Å². The SMILES string of the molecule is [CH2][C@](O)(c1cccnc1)C(C)(C)C. The van der Waals surface area contributed by atoms with Gasteiger partial charge in [-0.05, 0) is 18.4 Å². The summed E-state index contributed by atoms with van der Waals surface area (Å²) in [6.45, 7) is 9.68. The van der Waals surface area contributed by atoms with Crippen LogP contribution in [0.15, 0.2) is 24.5 Å². The third-order valence-electron chi connectivity index (χ3n) is 2.38. The van der Waals surface area contributed by atoms with Gasteiger partial charge in [0.1, 0.15) is 0 Å². The van der Waals surface area contributed by atoms with E-state index in [2.05, 4.69) is 11.9 Å². The molecule has 1 aromatic rings. The van der Waals surface area contributed by atoms with E-state index in [4.69, 9.17) is 0 Å². The van der Waals surface area contributed by atoms with E-state index in [1.165, 1.54) is 0 Å². The van der Waals surface area contributed by atoms with E-state index in [0.29, 0.717) is 0 Å². The Hall–Kier alpha value is -0.890. The first-order valence-electron chi connectivity index (χ1n) is 4.34. The Kier molecular flexibility index (Phi) is 2.44. The highest BCUT2D eigenvalue weighted by Gasteiger charge is 2.37. The lowest BCUT2D eigenvalue weighted by Crippen LogP contribution is -2.37. The summed E-state index contributed by atoms with van der Waals surface area (Å²) in [5.41, 5.74) is -0.625. The normalized spacial score (nSPS) is 16.7. The van der Waals surface area contributed by atoms with E-state index in [0.717, 1.165) is 5.56 Å². The summed E-state index contributed by atoms with van der Waals surface area (Å²) in [7, 11) is 0. The maximum Gasteiger partial charge on any atom is 0.0960 e. The largest absolute Gasteiger partial charge is 0.385 e. The van der Waals surface area contributed by atoms with Crippen molar-refractivity contribution in [1.82, 2.24) is 4.98 Å². The maximum absolute atomic E-state index is 10.2. The van der Waals surface area contributed by atoms with E-state index in [-0.39, 0.29) is 5.41 Å². The lowest BCUT2D eigenvalue weighted by atomic mass is 9.74.